The Bertz CT molecular complexity index is 1010. The first-order valence-corrected chi connectivity index (χ1v) is 11.5. The molecule has 0 heterocycles. The lowest BCUT2D eigenvalue weighted by atomic mass is 10.2. The van der Waals surface area contributed by atoms with Crippen molar-refractivity contribution < 1.29 is 31.5 Å². The third-order valence-corrected chi connectivity index (χ3v) is 6.31. The molecule has 0 bridgehead atoms. The number of nitrogens with one attached hydrogen (secondary N) is 2. The minimum absolute atomic E-state index is 0.00278. The van der Waals surface area contributed by atoms with E-state index >= 15 is 0 Å². The second-order valence-corrected chi connectivity index (χ2v) is 9.40. The van der Waals surface area contributed by atoms with Gasteiger partial charge in [-0.2, -0.15) is 13.5 Å². The van der Waals surface area contributed by atoms with E-state index in [9.17, 15) is 26.8 Å². The standard InChI is InChI=1S/C20H22F2N2O5S2/c1-12-4-10-17(11-5-12)31(27,28)24-13(2)19(26)29-14(3)18(25)23-15-6-8-16(9-7-15)30-20(21)22/h4-11,13-14,20,24H,1-3H3,(H,23,25)/t13-,14?/m0/s1. The number of alkyl halides is 2. The van der Waals surface area contributed by atoms with Crippen LogP contribution in [-0.4, -0.2) is 38.2 Å². The molecule has 0 saturated carbocycles. The molecule has 7 nitrogen and oxygen atoms in total. The number of esters is 1. The maximum Gasteiger partial charge on any atom is 0.324 e. The Hall–Kier alpha value is -2.50. The van der Waals surface area contributed by atoms with Gasteiger partial charge in [0, 0.05) is 10.6 Å². The normalized spacial score (nSPS) is 13.5. The average Bonchev–Trinajstić information content (AvgIpc) is 2.69. The maximum atomic E-state index is 12.4. The van der Waals surface area contributed by atoms with E-state index in [1.165, 1.54) is 50.2 Å². The summed E-state index contributed by atoms with van der Waals surface area (Å²) in [6, 6.07) is 10.6. The summed E-state index contributed by atoms with van der Waals surface area (Å²) in [5, 5.41) is 2.49. The molecule has 11 heteroatoms. The molecule has 168 valence electrons. The van der Waals surface area contributed by atoms with Crippen molar-refractivity contribution in [3.63, 3.8) is 0 Å². The Morgan fingerprint density at radius 2 is 1.58 bits per heavy atom. The van der Waals surface area contributed by atoms with E-state index in [0.717, 1.165) is 5.56 Å². The van der Waals surface area contributed by atoms with Gasteiger partial charge in [-0.3, -0.25) is 9.59 Å². The van der Waals surface area contributed by atoms with Gasteiger partial charge in [0.2, 0.25) is 10.0 Å². The number of hydrogen-bond acceptors (Lipinski definition) is 6. The highest BCUT2D eigenvalue weighted by Gasteiger charge is 2.26. The van der Waals surface area contributed by atoms with E-state index in [1.807, 2.05) is 6.92 Å². The Balaban J connectivity index is 1.91. The van der Waals surface area contributed by atoms with E-state index in [1.54, 1.807) is 12.1 Å². The summed E-state index contributed by atoms with van der Waals surface area (Å²) in [5.74, 6) is -4.14. The molecule has 0 aromatic heterocycles. The maximum absolute atomic E-state index is 12.4. The molecule has 2 atom stereocenters. The Kier molecular flexibility index (Phi) is 8.54. The van der Waals surface area contributed by atoms with Gasteiger partial charge in [0.15, 0.2) is 6.10 Å². The van der Waals surface area contributed by atoms with E-state index in [4.69, 9.17) is 4.74 Å². The number of rotatable bonds is 9. The van der Waals surface area contributed by atoms with Gasteiger partial charge in [-0.15, -0.1) is 0 Å². The zero-order chi connectivity index (χ0) is 23.2. The van der Waals surface area contributed by atoms with Crippen LogP contribution in [0.25, 0.3) is 0 Å². The highest BCUT2D eigenvalue weighted by Crippen LogP contribution is 2.26. The van der Waals surface area contributed by atoms with Crippen molar-refractivity contribution in [1.82, 2.24) is 4.72 Å². The van der Waals surface area contributed by atoms with Gasteiger partial charge in [0.05, 0.1) is 4.90 Å². The van der Waals surface area contributed by atoms with Crippen molar-refractivity contribution in [2.45, 2.75) is 48.5 Å². The minimum atomic E-state index is -3.95. The minimum Gasteiger partial charge on any atom is -0.451 e. The molecule has 2 aromatic rings. The van der Waals surface area contributed by atoms with Gasteiger partial charge >= 0.3 is 5.97 Å². The van der Waals surface area contributed by atoms with Crippen LogP contribution in [0, 0.1) is 6.92 Å². The van der Waals surface area contributed by atoms with Crippen LogP contribution in [0.1, 0.15) is 19.4 Å². The fourth-order valence-corrected chi connectivity index (χ4v) is 4.05. The molecule has 2 aromatic carbocycles. The molecule has 0 aliphatic heterocycles. The van der Waals surface area contributed by atoms with Crippen LogP contribution < -0.4 is 10.0 Å². The number of ether oxygens (including phenoxy) is 1. The molecule has 31 heavy (non-hydrogen) atoms. The number of thioether (sulfide) groups is 1. The lowest BCUT2D eigenvalue weighted by Crippen LogP contribution is -2.42. The summed E-state index contributed by atoms with van der Waals surface area (Å²) in [6.07, 6.45) is -1.21. The summed E-state index contributed by atoms with van der Waals surface area (Å²) in [6.45, 7) is 4.44. The fourth-order valence-electron chi connectivity index (χ4n) is 2.36. The van der Waals surface area contributed by atoms with Crippen LogP contribution in [0.4, 0.5) is 14.5 Å². The number of carbonyl (C=O) groups is 2. The molecular weight excluding hydrogens is 450 g/mol. The second-order valence-electron chi connectivity index (χ2n) is 6.63. The van der Waals surface area contributed by atoms with Gasteiger partial charge in [0.25, 0.3) is 11.7 Å². The van der Waals surface area contributed by atoms with Gasteiger partial charge < -0.3 is 10.1 Å². The van der Waals surface area contributed by atoms with Crippen LogP contribution in [0.2, 0.25) is 0 Å². The van der Waals surface area contributed by atoms with Gasteiger partial charge in [-0.25, -0.2) is 8.42 Å². The fraction of sp³-hybridized carbons (Fsp3) is 0.300. The van der Waals surface area contributed by atoms with Crippen LogP contribution in [0.5, 0.6) is 0 Å². The number of hydrogen-bond donors (Lipinski definition) is 2. The first kappa shape index (κ1) is 24.8. The highest BCUT2D eigenvalue weighted by atomic mass is 32.2. The lowest BCUT2D eigenvalue weighted by Gasteiger charge is -2.18. The molecule has 1 unspecified atom stereocenters. The zero-order valence-electron chi connectivity index (χ0n) is 17.0. The van der Waals surface area contributed by atoms with Crippen LogP contribution >= 0.6 is 11.8 Å². The number of halogens is 2. The predicted molar refractivity (Wildman–Crippen MR) is 113 cm³/mol. The molecule has 0 fully saturated rings. The molecule has 1 amide bonds. The number of amides is 1. The van der Waals surface area contributed by atoms with Crippen molar-refractivity contribution >= 4 is 39.3 Å². The van der Waals surface area contributed by atoms with Crippen LogP contribution in [0.3, 0.4) is 0 Å². The Morgan fingerprint density at radius 1 is 1.00 bits per heavy atom. The number of benzene rings is 2. The first-order valence-electron chi connectivity index (χ1n) is 9.13. The zero-order valence-corrected chi connectivity index (χ0v) is 18.6. The van der Waals surface area contributed by atoms with Gasteiger partial charge in [-0.05, 0) is 57.2 Å². The van der Waals surface area contributed by atoms with Crippen LogP contribution in [0.15, 0.2) is 58.3 Å². The molecule has 0 aliphatic carbocycles. The largest absolute Gasteiger partial charge is 0.451 e. The van der Waals surface area contributed by atoms with Gasteiger partial charge in [-0.1, -0.05) is 29.5 Å². The van der Waals surface area contributed by atoms with Crippen molar-refractivity contribution in [3.05, 3.63) is 54.1 Å². The monoisotopic (exact) mass is 472 g/mol. The van der Waals surface area contributed by atoms with Crippen molar-refractivity contribution in [3.8, 4) is 0 Å². The van der Waals surface area contributed by atoms with E-state index < -0.39 is 39.8 Å². The molecule has 2 N–H and O–H groups in total. The average molecular weight is 473 g/mol. The predicted octanol–water partition coefficient (Wildman–Crippen LogP) is 3.55. The topological polar surface area (TPSA) is 102 Å². The molecule has 0 saturated heterocycles. The Labute approximate surface area is 183 Å². The SMILES string of the molecule is Cc1ccc(S(=O)(=O)N[C@@H](C)C(=O)OC(C)C(=O)Nc2ccc(SC(F)F)cc2)cc1. The summed E-state index contributed by atoms with van der Waals surface area (Å²) >= 11 is 0.376. The summed E-state index contributed by atoms with van der Waals surface area (Å²) in [7, 11) is -3.95. The number of anilines is 1. The highest BCUT2D eigenvalue weighted by molar-refractivity contribution is 7.99. The molecule has 0 aliphatic rings. The number of carbonyl (C=O) groups excluding carboxylic acids is 2. The first-order chi connectivity index (χ1) is 14.5. The van der Waals surface area contributed by atoms with Crippen LogP contribution in [-0.2, 0) is 24.3 Å². The lowest BCUT2D eigenvalue weighted by molar-refractivity contribution is -0.154. The van der Waals surface area contributed by atoms with Crippen molar-refractivity contribution in [1.29, 1.82) is 0 Å². The molecule has 2 rings (SSSR count). The molecule has 0 spiro atoms. The summed E-state index contributed by atoms with van der Waals surface area (Å²) in [5.41, 5.74) is 1.22. The quantitative estimate of drug-likeness (QED) is 0.428. The summed E-state index contributed by atoms with van der Waals surface area (Å²) in [4.78, 5) is 24.8. The third-order valence-electron chi connectivity index (χ3n) is 4.03. The van der Waals surface area contributed by atoms with E-state index in [-0.39, 0.29) is 4.90 Å². The van der Waals surface area contributed by atoms with E-state index in [0.29, 0.717) is 22.3 Å². The smallest absolute Gasteiger partial charge is 0.324 e. The number of aryl methyl sites for hydroxylation is 1. The molecular formula is C20H22F2N2O5S2. The van der Waals surface area contributed by atoms with Gasteiger partial charge in [0.1, 0.15) is 6.04 Å². The molecule has 0 radical (unpaired) electrons. The van der Waals surface area contributed by atoms with Crippen molar-refractivity contribution in [2.24, 2.45) is 0 Å². The number of sulfonamides is 1. The summed E-state index contributed by atoms with van der Waals surface area (Å²) < 4.78 is 56.7. The third kappa shape index (κ3) is 7.60. The Morgan fingerprint density at radius 3 is 2.13 bits per heavy atom. The second kappa shape index (κ2) is 10.7. The van der Waals surface area contributed by atoms with E-state index in [2.05, 4.69) is 10.0 Å². The van der Waals surface area contributed by atoms with Crippen molar-refractivity contribution in [2.75, 3.05) is 5.32 Å².